The van der Waals surface area contributed by atoms with Crippen LogP contribution in [0.2, 0.25) is 0 Å². The van der Waals surface area contributed by atoms with Gasteiger partial charge in [-0.3, -0.25) is 4.79 Å². The van der Waals surface area contributed by atoms with Gasteiger partial charge in [0.25, 0.3) is 0 Å². The van der Waals surface area contributed by atoms with E-state index in [2.05, 4.69) is 12.2 Å². The van der Waals surface area contributed by atoms with Crippen LogP contribution in [0.25, 0.3) is 0 Å². The van der Waals surface area contributed by atoms with Crippen molar-refractivity contribution in [3.8, 4) is 0 Å². The Morgan fingerprint density at radius 1 is 1.64 bits per heavy atom. The lowest BCUT2D eigenvalue weighted by molar-refractivity contribution is -0.149. The first kappa shape index (κ1) is 8.53. The second-order valence-corrected chi connectivity index (χ2v) is 3.12. The van der Waals surface area contributed by atoms with E-state index in [1.807, 2.05) is 0 Å². The van der Waals surface area contributed by atoms with Crippen molar-refractivity contribution in [1.82, 2.24) is 5.32 Å². The summed E-state index contributed by atoms with van der Waals surface area (Å²) in [7, 11) is 0. The van der Waals surface area contributed by atoms with Crippen molar-refractivity contribution in [2.24, 2.45) is 5.92 Å². The van der Waals surface area contributed by atoms with Gasteiger partial charge in [-0.25, -0.2) is 0 Å². The highest BCUT2D eigenvalue weighted by Crippen LogP contribution is 2.14. The molecule has 1 heterocycles. The molecule has 0 aromatic heterocycles. The number of nitrogens with one attached hydrogen (secondary N) is 1. The number of hydrogen-bond acceptors (Lipinski definition) is 3. The van der Waals surface area contributed by atoms with E-state index < -0.39 is 0 Å². The molecule has 0 aliphatic carbocycles. The zero-order valence-corrected chi connectivity index (χ0v) is 7.09. The lowest BCUT2D eigenvalue weighted by Gasteiger charge is -2.28. The SMILES string of the molecule is CC(=O)O[C@H]1CCNC[C@H]1C. The van der Waals surface area contributed by atoms with Crippen molar-refractivity contribution < 1.29 is 9.53 Å². The fraction of sp³-hybridized carbons (Fsp3) is 0.875. The lowest BCUT2D eigenvalue weighted by atomic mass is 9.98. The molecule has 2 atom stereocenters. The maximum atomic E-state index is 10.6. The predicted molar refractivity (Wildman–Crippen MR) is 42.2 cm³/mol. The highest BCUT2D eigenvalue weighted by molar-refractivity contribution is 5.66. The van der Waals surface area contributed by atoms with E-state index in [4.69, 9.17) is 4.74 Å². The molecule has 0 amide bonds. The molecular formula is C8H15NO2. The monoisotopic (exact) mass is 157 g/mol. The van der Waals surface area contributed by atoms with E-state index in [0.717, 1.165) is 19.5 Å². The normalized spacial score (nSPS) is 31.5. The van der Waals surface area contributed by atoms with Crippen LogP contribution in [0.15, 0.2) is 0 Å². The van der Waals surface area contributed by atoms with Crippen LogP contribution in [-0.4, -0.2) is 25.2 Å². The van der Waals surface area contributed by atoms with Crippen molar-refractivity contribution in [3.63, 3.8) is 0 Å². The third kappa shape index (κ3) is 2.50. The van der Waals surface area contributed by atoms with E-state index in [1.165, 1.54) is 6.92 Å². The Balaban J connectivity index is 2.35. The minimum atomic E-state index is -0.163. The largest absolute Gasteiger partial charge is 0.462 e. The molecule has 11 heavy (non-hydrogen) atoms. The minimum Gasteiger partial charge on any atom is -0.462 e. The molecule has 0 spiro atoms. The molecule has 0 aromatic carbocycles. The van der Waals surface area contributed by atoms with E-state index in [-0.39, 0.29) is 12.1 Å². The van der Waals surface area contributed by atoms with Gasteiger partial charge in [-0.05, 0) is 13.0 Å². The Morgan fingerprint density at radius 3 is 2.91 bits per heavy atom. The van der Waals surface area contributed by atoms with Gasteiger partial charge in [-0.2, -0.15) is 0 Å². The van der Waals surface area contributed by atoms with Crippen LogP contribution in [0.1, 0.15) is 20.3 Å². The average Bonchev–Trinajstić information content (AvgIpc) is 1.93. The molecule has 0 radical (unpaired) electrons. The summed E-state index contributed by atoms with van der Waals surface area (Å²) in [5.74, 6) is 0.288. The highest BCUT2D eigenvalue weighted by Gasteiger charge is 2.22. The van der Waals surface area contributed by atoms with Gasteiger partial charge in [0.2, 0.25) is 0 Å². The van der Waals surface area contributed by atoms with Crippen molar-refractivity contribution in [2.45, 2.75) is 26.4 Å². The van der Waals surface area contributed by atoms with Crippen molar-refractivity contribution in [1.29, 1.82) is 0 Å². The van der Waals surface area contributed by atoms with E-state index in [0.29, 0.717) is 5.92 Å². The van der Waals surface area contributed by atoms with Gasteiger partial charge < -0.3 is 10.1 Å². The molecule has 1 aliphatic rings. The molecule has 1 N–H and O–H groups in total. The Bertz CT molecular complexity index is 147. The number of carbonyl (C=O) groups excluding carboxylic acids is 1. The van der Waals surface area contributed by atoms with Crippen LogP contribution in [0.4, 0.5) is 0 Å². The first-order valence-electron chi connectivity index (χ1n) is 4.08. The predicted octanol–water partition coefficient (Wildman–Crippen LogP) is 0.547. The summed E-state index contributed by atoms with van der Waals surface area (Å²) < 4.78 is 5.12. The van der Waals surface area contributed by atoms with Crippen LogP contribution in [-0.2, 0) is 9.53 Å². The molecule has 1 fully saturated rings. The summed E-state index contributed by atoms with van der Waals surface area (Å²) >= 11 is 0. The fourth-order valence-corrected chi connectivity index (χ4v) is 1.38. The molecule has 1 aliphatic heterocycles. The topological polar surface area (TPSA) is 38.3 Å². The van der Waals surface area contributed by atoms with Gasteiger partial charge in [0.05, 0.1) is 0 Å². The van der Waals surface area contributed by atoms with Crippen LogP contribution in [0.3, 0.4) is 0 Å². The van der Waals surface area contributed by atoms with Crippen LogP contribution >= 0.6 is 0 Å². The summed E-state index contributed by atoms with van der Waals surface area (Å²) in [6.07, 6.45) is 1.08. The second-order valence-electron chi connectivity index (χ2n) is 3.12. The van der Waals surface area contributed by atoms with Gasteiger partial charge in [-0.1, -0.05) is 6.92 Å². The Hall–Kier alpha value is -0.570. The van der Waals surface area contributed by atoms with Gasteiger partial charge in [0.1, 0.15) is 6.10 Å². The standard InChI is InChI=1S/C8H15NO2/c1-6-5-9-4-3-8(6)11-7(2)10/h6,8-9H,3-5H2,1-2H3/t6-,8+/m1/s1. The van der Waals surface area contributed by atoms with Crippen LogP contribution in [0.5, 0.6) is 0 Å². The molecular weight excluding hydrogens is 142 g/mol. The number of hydrogen-bond donors (Lipinski definition) is 1. The molecule has 0 saturated carbocycles. The summed E-state index contributed by atoms with van der Waals surface area (Å²) in [5, 5.41) is 3.25. The summed E-state index contributed by atoms with van der Waals surface area (Å²) in [5.41, 5.74) is 0. The molecule has 0 bridgehead atoms. The lowest BCUT2D eigenvalue weighted by Crippen LogP contribution is -2.40. The summed E-state index contributed by atoms with van der Waals surface area (Å²) in [6.45, 7) is 5.48. The number of rotatable bonds is 1. The van der Waals surface area contributed by atoms with Crippen molar-refractivity contribution in [3.05, 3.63) is 0 Å². The van der Waals surface area contributed by atoms with Gasteiger partial charge >= 0.3 is 5.97 Å². The molecule has 1 saturated heterocycles. The Kier molecular flexibility index (Phi) is 2.88. The molecule has 1 rings (SSSR count). The second kappa shape index (κ2) is 3.72. The number of carbonyl (C=O) groups is 1. The highest BCUT2D eigenvalue weighted by atomic mass is 16.5. The number of ether oxygens (including phenoxy) is 1. The minimum absolute atomic E-state index is 0.133. The maximum Gasteiger partial charge on any atom is 0.302 e. The number of piperidine rings is 1. The Morgan fingerprint density at radius 2 is 2.36 bits per heavy atom. The third-order valence-electron chi connectivity index (χ3n) is 2.02. The van der Waals surface area contributed by atoms with Crippen LogP contribution in [0, 0.1) is 5.92 Å². The molecule has 0 aromatic rings. The van der Waals surface area contributed by atoms with Crippen LogP contribution < -0.4 is 5.32 Å². The van der Waals surface area contributed by atoms with Gasteiger partial charge in [0, 0.05) is 19.4 Å². The first-order chi connectivity index (χ1) is 5.20. The third-order valence-corrected chi connectivity index (χ3v) is 2.02. The van der Waals surface area contributed by atoms with E-state index >= 15 is 0 Å². The first-order valence-corrected chi connectivity index (χ1v) is 4.08. The zero-order valence-electron chi connectivity index (χ0n) is 7.09. The molecule has 0 unspecified atom stereocenters. The summed E-state index contributed by atoms with van der Waals surface area (Å²) in [4.78, 5) is 10.6. The van der Waals surface area contributed by atoms with Crippen molar-refractivity contribution >= 4 is 5.97 Å². The van der Waals surface area contributed by atoms with Gasteiger partial charge in [-0.15, -0.1) is 0 Å². The maximum absolute atomic E-state index is 10.6. The zero-order chi connectivity index (χ0) is 8.27. The van der Waals surface area contributed by atoms with Crippen molar-refractivity contribution in [2.75, 3.05) is 13.1 Å². The molecule has 3 heteroatoms. The molecule has 3 nitrogen and oxygen atoms in total. The fourth-order valence-electron chi connectivity index (χ4n) is 1.38. The Labute approximate surface area is 67.1 Å². The van der Waals surface area contributed by atoms with E-state index in [1.54, 1.807) is 0 Å². The average molecular weight is 157 g/mol. The van der Waals surface area contributed by atoms with Gasteiger partial charge in [0.15, 0.2) is 0 Å². The smallest absolute Gasteiger partial charge is 0.302 e. The molecule has 64 valence electrons. The number of esters is 1. The van der Waals surface area contributed by atoms with E-state index in [9.17, 15) is 4.79 Å². The summed E-state index contributed by atoms with van der Waals surface area (Å²) in [6, 6.07) is 0. The quantitative estimate of drug-likeness (QED) is 0.565.